The van der Waals surface area contributed by atoms with Gasteiger partial charge in [0.1, 0.15) is 11.5 Å². The Morgan fingerprint density at radius 1 is 1.00 bits per heavy atom. The van der Waals surface area contributed by atoms with Crippen LogP contribution < -0.4 is 5.32 Å². The second kappa shape index (κ2) is 8.72. The van der Waals surface area contributed by atoms with Crippen LogP contribution in [0, 0.1) is 26.6 Å². The highest BCUT2D eigenvalue weighted by Gasteiger charge is 2.17. The van der Waals surface area contributed by atoms with E-state index in [9.17, 15) is 9.18 Å². The van der Waals surface area contributed by atoms with Crippen LogP contribution in [0.1, 0.15) is 27.9 Å². The van der Waals surface area contributed by atoms with E-state index in [2.05, 4.69) is 37.4 Å². The van der Waals surface area contributed by atoms with Gasteiger partial charge in [-0.1, -0.05) is 24.3 Å². The van der Waals surface area contributed by atoms with E-state index in [0.29, 0.717) is 13.0 Å². The lowest BCUT2D eigenvalue weighted by Gasteiger charge is -2.09. The molecule has 5 heteroatoms. The Kier molecular flexibility index (Phi) is 5.85. The third kappa shape index (κ3) is 4.66. The minimum absolute atomic E-state index is 0.0606. The number of hydrogen-bond acceptors (Lipinski definition) is 2. The van der Waals surface area contributed by atoms with Gasteiger partial charge in [0.25, 0.3) is 0 Å². The standard InChI is InChI=1S/C26H26FN3O/c1-17-11-13-30-23(16-25(31)28-12-10-20-5-8-22(27)9-6-20)26(29-24(30)14-17)21-7-4-18(2)19(3)15-21/h4-9,11,13-15H,10,12,16H2,1-3H3,(H,28,31). The SMILES string of the molecule is Cc1ccn2c(CC(=O)NCCc3ccc(F)cc3)c(-c3ccc(C)c(C)c3)nc2c1. The molecule has 4 nitrogen and oxygen atoms in total. The van der Waals surface area contributed by atoms with Crippen molar-refractivity contribution in [2.24, 2.45) is 0 Å². The minimum Gasteiger partial charge on any atom is -0.355 e. The van der Waals surface area contributed by atoms with Crippen molar-refractivity contribution in [1.82, 2.24) is 14.7 Å². The zero-order chi connectivity index (χ0) is 22.0. The molecule has 0 atom stereocenters. The summed E-state index contributed by atoms with van der Waals surface area (Å²) in [7, 11) is 0. The number of amides is 1. The molecule has 1 amide bonds. The molecule has 4 rings (SSSR count). The summed E-state index contributed by atoms with van der Waals surface area (Å²) in [6.45, 7) is 6.70. The molecular weight excluding hydrogens is 389 g/mol. The van der Waals surface area contributed by atoms with Crippen LogP contribution in [0.4, 0.5) is 4.39 Å². The zero-order valence-electron chi connectivity index (χ0n) is 18.1. The Bertz CT molecular complexity index is 1240. The number of aryl methyl sites for hydroxylation is 3. The van der Waals surface area contributed by atoms with E-state index in [4.69, 9.17) is 4.98 Å². The molecule has 0 spiro atoms. The number of fused-ring (bicyclic) bond motifs is 1. The van der Waals surface area contributed by atoms with Crippen LogP contribution in [0.2, 0.25) is 0 Å². The van der Waals surface area contributed by atoms with E-state index in [1.54, 1.807) is 12.1 Å². The van der Waals surface area contributed by atoms with E-state index < -0.39 is 0 Å². The molecule has 0 aliphatic carbocycles. The molecule has 0 aliphatic rings. The number of carbonyl (C=O) groups is 1. The van der Waals surface area contributed by atoms with E-state index in [0.717, 1.165) is 33.7 Å². The second-order valence-corrected chi connectivity index (χ2v) is 8.04. The lowest BCUT2D eigenvalue weighted by molar-refractivity contribution is -0.120. The Morgan fingerprint density at radius 2 is 1.77 bits per heavy atom. The van der Waals surface area contributed by atoms with Gasteiger partial charge < -0.3 is 9.72 Å². The molecule has 0 saturated carbocycles. The molecule has 2 heterocycles. The first kappa shape index (κ1) is 20.8. The van der Waals surface area contributed by atoms with Gasteiger partial charge in [-0.15, -0.1) is 0 Å². The third-order valence-electron chi connectivity index (χ3n) is 5.64. The summed E-state index contributed by atoms with van der Waals surface area (Å²) in [6.07, 6.45) is 2.86. The van der Waals surface area contributed by atoms with Crippen molar-refractivity contribution in [3.63, 3.8) is 0 Å². The number of nitrogens with zero attached hydrogens (tertiary/aromatic N) is 2. The predicted molar refractivity (Wildman–Crippen MR) is 122 cm³/mol. The van der Waals surface area contributed by atoms with E-state index >= 15 is 0 Å². The quantitative estimate of drug-likeness (QED) is 0.483. The molecule has 0 radical (unpaired) electrons. The average Bonchev–Trinajstić information content (AvgIpc) is 3.08. The van der Waals surface area contributed by atoms with Crippen molar-refractivity contribution >= 4 is 11.6 Å². The van der Waals surface area contributed by atoms with Crippen molar-refractivity contribution in [3.8, 4) is 11.3 Å². The van der Waals surface area contributed by atoms with Gasteiger partial charge in [-0.25, -0.2) is 9.37 Å². The van der Waals surface area contributed by atoms with E-state index in [-0.39, 0.29) is 18.1 Å². The Balaban J connectivity index is 1.57. The highest BCUT2D eigenvalue weighted by Crippen LogP contribution is 2.27. The average molecular weight is 416 g/mol. The summed E-state index contributed by atoms with van der Waals surface area (Å²) in [4.78, 5) is 17.6. The van der Waals surface area contributed by atoms with Crippen LogP contribution >= 0.6 is 0 Å². The second-order valence-electron chi connectivity index (χ2n) is 8.04. The summed E-state index contributed by atoms with van der Waals surface area (Å²) >= 11 is 0. The number of carbonyl (C=O) groups excluding carboxylic acids is 1. The summed E-state index contributed by atoms with van der Waals surface area (Å²) in [5.41, 5.74) is 8.09. The molecule has 0 unspecified atom stereocenters. The van der Waals surface area contributed by atoms with Crippen molar-refractivity contribution in [2.45, 2.75) is 33.6 Å². The molecular formula is C26H26FN3O. The lowest BCUT2D eigenvalue weighted by Crippen LogP contribution is -2.27. The van der Waals surface area contributed by atoms with Gasteiger partial charge in [0, 0.05) is 18.3 Å². The number of imidazole rings is 1. The molecule has 2 aromatic heterocycles. The monoisotopic (exact) mass is 415 g/mol. The van der Waals surface area contributed by atoms with Crippen LogP contribution in [0.15, 0.2) is 60.8 Å². The molecule has 0 bridgehead atoms. The molecule has 1 N–H and O–H groups in total. The fourth-order valence-electron chi connectivity index (χ4n) is 3.70. The summed E-state index contributed by atoms with van der Waals surface area (Å²) < 4.78 is 15.0. The van der Waals surface area contributed by atoms with Crippen molar-refractivity contribution in [2.75, 3.05) is 6.54 Å². The van der Waals surface area contributed by atoms with E-state index in [1.165, 1.54) is 23.3 Å². The summed E-state index contributed by atoms with van der Waals surface area (Å²) in [5, 5.41) is 2.99. The van der Waals surface area contributed by atoms with Gasteiger partial charge in [0.05, 0.1) is 17.8 Å². The number of pyridine rings is 1. The van der Waals surface area contributed by atoms with Crippen LogP contribution in [-0.4, -0.2) is 21.8 Å². The Labute approximate surface area is 181 Å². The van der Waals surface area contributed by atoms with Gasteiger partial charge in [-0.2, -0.15) is 0 Å². The number of nitrogens with one attached hydrogen (secondary N) is 1. The minimum atomic E-state index is -0.255. The largest absolute Gasteiger partial charge is 0.355 e. The molecule has 4 aromatic rings. The maximum atomic E-state index is 13.0. The number of aromatic nitrogens is 2. The van der Waals surface area contributed by atoms with Gasteiger partial charge in [-0.3, -0.25) is 4.79 Å². The van der Waals surface area contributed by atoms with Crippen LogP contribution in [0.25, 0.3) is 16.9 Å². The van der Waals surface area contributed by atoms with Crippen LogP contribution in [0.3, 0.4) is 0 Å². The van der Waals surface area contributed by atoms with Crippen LogP contribution in [-0.2, 0) is 17.6 Å². The van der Waals surface area contributed by atoms with Crippen molar-refractivity contribution < 1.29 is 9.18 Å². The lowest BCUT2D eigenvalue weighted by atomic mass is 10.0. The van der Waals surface area contributed by atoms with Crippen molar-refractivity contribution in [3.05, 3.63) is 94.6 Å². The smallest absolute Gasteiger partial charge is 0.226 e. The van der Waals surface area contributed by atoms with Crippen LogP contribution in [0.5, 0.6) is 0 Å². The van der Waals surface area contributed by atoms with Gasteiger partial charge in [0.2, 0.25) is 5.91 Å². The highest BCUT2D eigenvalue weighted by molar-refractivity contribution is 5.81. The molecule has 0 saturated heterocycles. The summed E-state index contributed by atoms with van der Waals surface area (Å²) in [5.74, 6) is -0.316. The first-order chi connectivity index (χ1) is 14.9. The van der Waals surface area contributed by atoms with E-state index in [1.807, 2.05) is 29.7 Å². The van der Waals surface area contributed by atoms with Gasteiger partial charge >= 0.3 is 0 Å². The normalized spacial score (nSPS) is 11.1. The molecule has 158 valence electrons. The third-order valence-corrected chi connectivity index (χ3v) is 5.64. The molecule has 31 heavy (non-hydrogen) atoms. The predicted octanol–water partition coefficient (Wildman–Crippen LogP) is 4.97. The maximum Gasteiger partial charge on any atom is 0.226 e. The first-order valence-electron chi connectivity index (χ1n) is 10.5. The zero-order valence-corrected chi connectivity index (χ0v) is 18.1. The topological polar surface area (TPSA) is 46.4 Å². The highest BCUT2D eigenvalue weighted by atomic mass is 19.1. The summed E-state index contributed by atoms with van der Waals surface area (Å²) in [6, 6.07) is 16.7. The maximum absolute atomic E-state index is 13.0. The number of benzene rings is 2. The fourth-order valence-corrected chi connectivity index (χ4v) is 3.70. The number of hydrogen-bond donors (Lipinski definition) is 1. The number of rotatable bonds is 6. The number of halogens is 1. The fraction of sp³-hybridized carbons (Fsp3) is 0.231. The van der Waals surface area contributed by atoms with Crippen molar-refractivity contribution in [1.29, 1.82) is 0 Å². The Hall–Kier alpha value is -3.47. The Morgan fingerprint density at radius 3 is 2.52 bits per heavy atom. The first-order valence-corrected chi connectivity index (χ1v) is 10.5. The van der Waals surface area contributed by atoms with Gasteiger partial charge in [0.15, 0.2) is 0 Å². The molecule has 0 aliphatic heterocycles. The molecule has 2 aromatic carbocycles. The van der Waals surface area contributed by atoms with Gasteiger partial charge in [-0.05, 0) is 79.8 Å². The molecule has 0 fully saturated rings.